The molecule has 0 saturated carbocycles. The van der Waals surface area contributed by atoms with Crippen LogP contribution in [0.15, 0.2) is 36.4 Å². The van der Waals surface area contributed by atoms with Gasteiger partial charge in [0.2, 0.25) is 5.91 Å². The largest absolute Gasteiger partial charge is 0.469 e. The van der Waals surface area contributed by atoms with Gasteiger partial charge in [0.25, 0.3) is 5.91 Å². The van der Waals surface area contributed by atoms with E-state index in [-0.39, 0.29) is 30.3 Å². The lowest BCUT2D eigenvalue weighted by atomic mass is 10.1. The van der Waals surface area contributed by atoms with Gasteiger partial charge in [0.05, 0.1) is 19.2 Å². The van der Waals surface area contributed by atoms with Crippen molar-refractivity contribution in [3.05, 3.63) is 64.8 Å². The second-order valence-electron chi connectivity index (χ2n) is 7.89. The minimum absolute atomic E-state index is 0.0909. The van der Waals surface area contributed by atoms with E-state index in [1.165, 1.54) is 12.0 Å². The molecule has 2 heterocycles. The number of hydrogen-bond donors (Lipinski definition) is 4. The number of anilines is 1. The van der Waals surface area contributed by atoms with Crippen LogP contribution in [0.1, 0.15) is 44.3 Å². The van der Waals surface area contributed by atoms with Gasteiger partial charge in [0.1, 0.15) is 6.04 Å². The maximum Gasteiger partial charge on any atom is 0.308 e. The number of fused-ring (bicyclic) bond motifs is 2. The molecule has 34 heavy (non-hydrogen) atoms. The maximum absolute atomic E-state index is 12.6. The van der Waals surface area contributed by atoms with Crippen LogP contribution in [-0.4, -0.2) is 58.8 Å². The van der Waals surface area contributed by atoms with Gasteiger partial charge in [-0.25, -0.2) is 4.98 Å². The summed E-state index contributed by atoms with van der Waals surface area (Å²) in [5, 5.41) is 3.05. The smallest absolute Gasteiger partial charge is 0.308 e. The minimum Gasteiger partial charge on any atom is -0.469 e. The number of ether oxygens (including phenoxy) is 1. The fourth-order valence-corrected chi connectivity index (χ4v) is 3.72. The number of hydrazine groups is 1. The van der Waals surface area contributed by atoms with E-state index in [1.54, 1.807) is 31.3 Å². The molecule has 2 aliphatic rings. The molecule has 4 rings (SSSR count). The third-order valence-electron chi connectivity index (χ3n) is 5.52. The van der Waals surface area contributed by atoms with E-state index in [0.717, 1.165) is 5.69 Å². The monoisotopic (exact) mass is 464 g/mol. The fraction of sp³-hybridized carbons (Fsp3) is 0.261. The van der Waals surface area contributed by atoms with E-state index in [1.807, 2.05) is 18.2 Å². The Hall–Kier alpha value is -4.41. The van der Waals surface area contributed by atoms with Crippen molar-refractivity contribution in [1.29, 1.82) is 0 Å². The summed E-state index contributed by atoms with van der Waals surface area (Å²) in [4.78, 5) is 58.0. The van der Waals surface area contributed by atoms with Crippen molar-refractivity contribution in [1.82, 2.24) is 25.7 Å². The number of carbonyl (C=O) groups is 4. The molecule has 1 unspecified atom stereocenters. The summed E-state index contributed by atoms with van der Waals surface area (Å²) in [6.45, 7) is 0.242. The highest BCUT2D eigenvalue weighted by atomic mass is 16.5. The molecule has 0 bridgehead atoms. The molecule has 11 nitrogen and oxygen atoms in total. The van der Waals surface area contributed by atoms with Crippen LogP contribution < -0.4 is 16.2 Å². The molecule has 1 aliphatic carbocycles. The van der Waals surface area contributed by atoms with Gasteiger partial charge in [0, 0.05) is 37.0 Å². The molecule has 0 saturated heterocycles. The average molecular weight is 464 g/mol. The lowest BCUT2D eigenvalue weighted by Crippen LogP contribution is -2.42. The summed E-state index contributed by atoms with van der Waals surface area (Å²) in [6.07, 6.45) is 7.99. The highest BCUT2D eigenvalue weighted by molar-refractivity contribution is 5.98. The summed E-state index contributed by atoms with van der Waals surface area (Å²) in [6, 6.07) is 4.07. The number of aromatic nitrogens is 2. The third-order valence-corrected chi connectivity index (χ3v) is 5.52. The molecule has 0 fully saturated rings. The number of nitrogens with zero attached hydrogens (tertiary/aromatic N) is 2. The van der Waals surface area contributed by atoms with Crippen LogP contribution in [0.3, 0.4) is 0 Å². The Morgan fingerprint density at radius 3 is 2.79 bits per heavy atom. The van der Waals surface area contributed by atoms with Gasteiger partial charge < -0.3 is 19.9 Å². The summed E-state index contributed by atoms with van der Waals surface area (Å²) >= 11 is 0. The summed E-state index contributed by atoms with van der Waals surface area (Å²) < 4.78 is 4.67. The van der Waals surface area contributed by atoms with Crippen LogP contribution in [-0.2, 0) is 27.3 Å². The molecule has 0 spiro atoms. The molecular weight excluding hydrogens is 440 g/mol. The van der Waals surface area contributed by atoms with E-state index in [9.17, 15) is 19.2 Å². The van der Waals surface area contributed by atoms with E-state index < -0.39 is 23.8 Å². The average Bonchev–Trinajstić information content (AvgIpc) is 3.05. The van der Waals surface area contributed by atoms with Gasteiger partial charge in [-0.1, -0.05) is 18.2 Å². The Labute approximate surface area is 195 Å². The summed E-state index contributed by atoms with van der Waals surface area (Å²) in [7, 11) is 2.88. The minimum atomic E-state index is -0.772. The quantitative estimate of drug-likeness (QED) is 0.389. The number of benzene rings is 1. The Morgan fingerprint density at radius 2 is 2.00 bits per heavy atom. The predicted molar refractivity (Wildman–Crippen MR) is 122 cm³/mol. The van der Waals surface area contributed by atoms with Crippen LogP contribution in [0.4, 0.5) is 5.69 Å². The van der Waals surface area contributed by atoms with E-state index in [0.29, 0.717) is 23.4 Å². The number of rotatable bonds is 4. The van der Waals surface area contributed by atoms with Crippen molar-refractivity contribution in [3.8, 4) is 0 Å². The van der Waals surface area contributed by atoms with Gasteiger partial charge >= 0.3 is 11.9 Å². The normalized spacial score (nSPS) is 16.5. The molecule has 1 aromatic heterocycles. The Kier molecular flexibility index (Phi) is 6.44. The van der Waals surface area contributed by atoms with Gasteiger partial charge in [0.15, 0.2) is 5.82 Å². The number of H-pyrrole nitrogens is 1. The molecular formula is C23H24N6O5. The van der Waals surface area contributed by atoms with Crippen molar-refractivity contribution >= 4 is 35.5 Å². The van der Waals surface area contributed by atoms with Crippen molar-refractivity contribution < 1.29 is 23.9 Å². The van der Waals surface area contributed by atoms with Crippen LogP contribution in [0, 0.1) is 0 Å². The highest BCUT2D eigenvalue weighted by Gasteiger charge is 2.29. The zero-order valence-electron chi connectivity index (χ0n) is 18.7. The molecule has 2 aromatic rings. The molecule has 1 aliphatic heterocycles. The van der Waals surface area contributed by atoms with Gasteiger partial charge in [-0.3, -0.25) is 30.0 Å². The summed E-state index contributed by atoms with van der Waals surface area (Å²) in [5.74, 6) is -1.78. The lowest BCUT2D eigenvalue weighted by Gasteiger charge is -2.19. The molecule has 4 N–H and O–H groups in total. The van der Waals surface area contributed by atoms with Crippen LogP contribution in [0.25, 0.3) is 6.08 Å². The lowest BCUT2D eigenvalue weighted by molar-refractivity contribution is -0.143. The zero-order chi connectivity index (χ0) is 24.2. The second kappa shape index (κ2) is 9.61. The SMILES string of the molecule is COC(=O)CC1Nc2ccc(C(=O)NNC(=O)c3nc4c([nH]3)CC=CC=C4)cc2CN(C)C1=O. The number of likely N-dealkylation sites (N-methyl/N-ethyl adjacent to an activating group) is 1. The number of aromatic amines is 1. The number of imidazole rings is 1. The topological polar surface area (TPSA) is 146 Å². The molecule has 3 amide bonds. The number of carbonyl (C=O) groups excluding carboxylic acids is 4. The maximum atomic E-state index is 12.6. The Bertz CT molecular complexity index is 1210. The predicted octanol–water partition coefficient (Wildman–Crippen LogP) is 0.926. The molecule has 11 heteroatoms. The standard InChI is InChI=1S/C23H24N6O5/c1-29-12-14-10-13(8-9-15(14)24-18(23(29)33)11-19(30)34-2)21(31)27-28-22(32)20-25-16-6-4-3-5-7-17(16)26-20/h3-6,8-10,18,24H,7,11-12H2,1-2H3,(H,25,26)(H,27,31)(H,28,32). The second-order valence-corrected chi connectivity index (χ2v) is 7.89. The van der Waals surface area contributed by atoms with Gasteiger partial charge in [-0.15, -0.1) is 0 Å². The number of methoxy groups -OCH3 is 1. The zero-order valence-corrected chi connectivity index (χ0v) is 18.7. The van der Waals surface area contributed by atoms with Crippen LogP contribution >= 0.6 is 0 Å². The van der Waals surface area contributed by atoms with Crippen LogP contribution in [0.5, 0.6) is 0 Å². The van der Waals surface area contributed by atoms with Crippen molar-refractivity contribution in [2.75, 3.05) is 19.5 Å². The van der Waals surface area contributed by atoms with E-state index in [2.05, 4.69) is 30.9 Å². The van der Waals surface area contributed by atoms with Crippen LogP contribution in [0.2, 0.25) is 0 Å². The Balaban J connectivity index is 1.43. The third kappa shape index (κ3) is 4.82. The highest BCUT2D eigenvalue weighted by Crippen LogP contribution is 2.25. The van der Waals surface area contributed by atoms with Crippen molar-refractivity contribution in [3.63, 3.8) is 0 Å². The van der Waals surface area contributed by atoms with Crippen molar-refractivity contribution in [2.45, 2.75) is 25.4 Å². The van der Waals surface area contributed by atoms with Crippen molar-refractivity contribution in [2.24, 2.45) is 0 Å². The number of esters is 1. The summed E-state index contributed by atoms with van der Waals surface area (Å²) in [5.41, 5.74) is 7.83. The molecule has 0 radical (unpaired) electrons. The number of nitrogens with one attached hydrogen (secondary N) is 4. The number of hydrogen-bond acceptors (Lipinski definition) is 7. The molecule has 1 aromatic carbocycles. The number of allylic oxidation sites excluding steroid dienone is 3. The molecule has 1 atom stereocenters. The Morgan fingerprint density at radius 1 is 1.21 bits per heavy atom. The molecule has 176 valence electrons. The van der Waals surface area contributed by atoms with Gasteiger partial charge in [-0.05, 0) is 29.8 Å². The first kappa shape index (κ1) is 22.8. The fourth-order valence-electron chi connectivity index (χ4n) is 3.72. The first-order chi connectivity index (χ1) is 16.4. The van der Waals surface area contributed by atoms with E-state index in [4.69, 9.17) is 0 Å². The van der Waals surface area contributed by atoms with Gasteiger partial charge in [-0.2, -0.15) is 0 Å². The first-order valence-electron chi connectivity index (χ1n) is 10.6. The first-order valence-corrected chi connectivity index (χ1v) is 10.6. The number of amides is 3. The van der Waals surface area contributed by atoms with E-state index >= 15 is 0 Å².